The van der Waals surface area contributed by atoms with Crippen LogP contribution in [0.1, 0.15) is 69.6 Å². The van der Waals surface area contributed by atoms with E-state index in [-0.39, 0.29) is 17.9 Å². The summed E-state index contributed by atoms with van der Waals surface area (Å²) in [4.78, 5) is 46.6. The first-order chi connectivity index (χ1) is 16.2. The van der Waals surface area contributed by atoms with E-state index >= 15 is 0 Å². The minimum atomic E-state index is -0.708. The average molecular weight is 522 g/mol. The van der Waals surface area contributed by atoms with Crippen LogP contribution in [0, 0.1) is 0 Å². The first-order valence-electron chi connectivity index (χ1n) is 11.5. The Labute approximate surface area is 215 Å². The molecule has 0 spiro atoms. The molecule has 0 unspecified atom stereocenters. The number of benzene rings is 1. The van der Waals surface area contributed by atoms with Gasteiger partial charge in [-0.2, -0.15) is 0 Å². The Balaban J connectivity index is 1.82. The van der Waals surface area contributed by atoms with Crippen LogP contribution >= 0.6 is 22.9 Å². The summed E-state index contributed by atoms with van der Waals surface area (Å²) in [5.41, 5.74) is -0.916. The molecule has 2 heterocycles. The summed E-state index contributed by atoms with van der Waals surface area (Å²) in [5.74, 6) is -0.261. The molecule has 190 valence electrons. The van der Waals surface area contributed by atoms with Gasteiger partial charge in [0.1, 0.15) is 11.2 Å². The largest absolute Gasteiger partial charge is 0.444 e. The summed E-state index contributed by atoms with van der Waals surface area (Å²) < 4.78 is 11.1. The predicted molar refractivity (Wildman–Crippen MR) is 137 cm³/mol. The zero-order valence-corrected chi connectivity index (χ0v) is 22.5. The number of carbonyl (C=O) groups excluding carboxylic acids is 3. The summed E-state index contributed by atoms with van der Waals surface area (Å²) in [6, 6.07) is 6.56. The first-order valence-corrected chi connectivity index (χ1v) is 12.7. The highest BCUT2D eigenvalue weighted by molar-refractivity contribution is 7.17. The molecular weight excluding hydrogens is 490 g/mol. The molecule has 0 bridgehead atoms. The van der Waals surface area contributed by atoms with Gasteiger partial charge in [-0.05, 0) is 66.5 Å². The van der Waals surface area contributed by atoms with E-state index in [1.807, 2.05) is 20.8 Å². The molecule has 10 heteroatoms. The van der Waals surface area contributed by atoms with Crippen molar-refractivity contribution in [2.75, 3.05) is 18.0 Å². The number of likely N-dealkylation sites (tertiary alicyclic amines) is 1. The van der Waals surface area contributed by atoms with Gasteiger partial charge in [-0.25, -0.2) is 19.5 Å². The fraction of sp³-hybridized carbons (Fsp3) is 0.520. The quantitative estimate of drug-likeness (QED) is 0.447. The Morgan fingerprint density at radius 3 is 2.20 bits per heavy atom. The fourth-order valence-electron chi connectivity index (χ4n) is 3.59. The highest BCUT2D eigenvalue weighted by Gasteiger charge is 2.36. The lowest BCUT2D eigenvalue weighted by Crippen LogP contribution is -2.51. The summed E-state index contributed by atoms with van der Waals surface area (Å²) in [6.45, 7) is 11.7. The van der Waals surface area contributed by atoms with Crippen LogP contribution < -0.4 is 4.90 Å². The Morgan fingerprint density at radius 1 is 1.03 bits per heavy atom. The molecule has 1 aliphatic rings. The molecule has 0 saturated carbocycles. The smallest absolute Gasteiger partial charge is 0.416 e. The zero-order valence-electron chi connectivity index (χ0n) is 21.0. The van der Waals surface area contributed by atoms with E-state index in [2.05, 4.69) is 4.98 Å². The second-order valence-electron chi connectivity index (χ2n) is 10.4. The number of thiazole rings is 1. The highest BCUT2D eigenvalue weighted by atomic mass is 35.5. The summed E-state index contributed by atoms with van der Waals surface area (Å²) in [6.07, 6.45) is 1.58. The van der Waals surface area contributed by atoms with E-state index in [9.17, 15) is 14.4 Å². The zero-order chi connectivity index (χ0) is 26.0. The van der Waals surface area contributed by atoms with Crippen molar-refractivity contribution in [3.63, 3.8) is 0 Å². The number of ether oxygens (including phenoxy) is 2. The van der Waals surface area contributed by atoms with Crippen molar-refractivity contribution >= 4 is 46.0 Å². The summed E-state index contributed by atoms with van der Waals surface area (Å²) in [7, 11) is 0. The molecule has 1 saturated heterocycles. The lowest BCUT2D eigenvalue weighted by Gasteiger charge is -2.38. The highest BCUT2D eigenvalue weighted by Crippen LogP contribution is 2.32. The topological polar surface area (TPSA) is 89.0 Å². The van der Waals surface area contributed by atoms with Crippen LogP contribution in [0.25, 0.3) is 0 Å². The Morgan fingerprint density at radius 2 is 1.63 bits per heavy atom. The standard InChI is InChI=1S/C25H32ClN3O5S/c1-24(2,3)33-22(31)28-13-11-16(12-14-28)29(23(32)34-25(4,5)6)21-27-15-19(35-21)20(30)17-9-7-8-10-18(17)26/h7-10,15-16H,11-14H2,1-6H3. The molecule has 3 rings (SSSR count). The number of carbonyl (C=O) groups is 3. The van der Waals surface area contributed by atoms with Gasteiger partial charge in [-0.3, -0.25) is 4.79 Å². The van der Waals surface area contributed by atoms with E-state index in [0.29, 0.717) is 46.5 Å². The third kappa shape index (κ3) is 7.18. The molecule has 8 nitrogen and oxygen atoms in total. The third-order valence-corrected chi connectivity index (χ3v) is 6.44. The number of halogens is 1. The van der Waals surface area contributed by atoms with Crippen LogP contribution in [-0.4, -0.2) is 58.2 Å². The third-order valence-electron chi connectivity index (χ3n) is 5.11. The van der Waals surface area contributed by atoms with Crippen LogP contribution in [-0.2, 0) is 9.47 Å². The molecule has 2 aromatic rings. The minimum absolute atomic E-state index is 0.252. The molecule has 1 aliphatic heterocycles. The number of anilines is 1. The number of piperidine rings is 1. The van der Waals surface area contributed by atoms with Crippen LogP contribution in [0.2, 0.25) is 5.02 Å². The van der Waals surface area contributed by atoms with Crippen LogP contribution in [0.15, 0.2) is 30.5 Å². The van der Waals surface area contributed by atoms with Crippen molar-refractivity contribution < 1.29 is 23.9 Å². The Kier molecular flexibility index (Phi) is 8.11. The Bertz CT molecular complexity index is 1080. The van der Waals surface area contributed by atoms with Gasteiger partial charge in [-0.15, -0.1) is 0 Å². The van der Waals surface area contributed by atoms with E-state index < -0.39 is 17.3 Å². The van der Waals surface area contributed by atoms with Gasteiger partial charge in [0, 0.05) is 24.7 Å². The van der Waals surface area contributed by atoms with Gasteiger partial charge in [0.25, 0.3) is 0 Å². The monoisotopic (exact) mass is 521 g/mol. The van der Waals surface area contributed by atoms with Gasteiger partial charge in [0.05, 0.1) is 16.1 Å². The van der Waals surface area contributed by atoms with Gasteiger partial charge < -0.3 is 14.4 Å². The molecule has 1 aromatic carbocycles. The second kappa shape index (κ2) is 10.5. The Hall–Kier alpha value is -2.65. The summed E-state index contributed by atoms with van der Waals surface area (Å²) >= 11 is 7.31. The van der Waals surface area contributed by atoms with E-state index in [1.165, 1.54) is 11.1 Å². The van der Waals surface area contributed by atoms with Crippen molar-refractivity contribution in [2.24, 2.45) is 0 Å². The first kappa shape index (κ1) is 26.9. The normalized spacial score (nSPS) is 15.0. The maximum Gasteiger partial charge on any atom is 0.416 e. The molecule has 1 fully saturated rings. The van der Waals surface area contributed by atoms with Crippen LogP contribution in [0.3, 0.4) is 0 Å². The molecule has 1 aromatic heterocycles. The fourth-order valence-corrected chi connectivity index (χ4v) is 4.74. The van der Waals surface area contributed by atoms with Gasteiger partial charge >= 0.3 is 12.2 Å². The van der Waals surface area contributed by atoms with Crippen molar-refractivity contribution in [1.29, 1.82) is 0 Å². The van der Waals surface area contributed by atoms with Crippen LogP contribution in [0.5, 0.6) is 0 Å². The van der Waals surface area contributed by atoms with Crippen molar-refractivity contribution in [1.82, 2.24) is 9.88 Å². The number of hydrogen-bond acceptors (Lipinski definition) is 7. The average Bonchev–Trinajstić information content (AvgIpc) is 3.21. The van der Waals surface area contributed by atoms with Gasteiger partial charge in [0.2, 0.25) is 5.78 Å². The predicted octanol–water partition coefficient (Wildman–Crippen LogP) is 6.17. The molecule has 0 atom stereocenters. The number of hydrogen-bond donors (Lipinski definition) is 0. The van der Waals surface area contributed by atoms with Crippen molar-refractivity contribution in [2.45, 2.75) is 71.6 Å². The van der Waals surface area contributed by atoms with Crippen molar-refractivity contribution in [3.8, 4) is 0 Å². The molecular formula is C25H32ClN3O5S. The molecule has 2 amide bonds. The molecule has 35 heavy (non-hydrogen) atoms. The minimum Gasteiger partial charge on any atom is -0.444 e. The number of ketones is 1. The number of amides is 2. The number of nitrogens with zero attached hydrogens (tertiary/aromatic N) is 3. The van der Waals surface area contributed by atoms with E-state index in [0.717, 1.165) is 11.3 Å². The number of rotatable bonds is 4. The molecule has 0 radical (unpaired) electrons. The summed E-state index contributed by atoms with van der Waals surface area (Å²) in [5, 5.41) is 0.719. The maximum atomic E-state index is 13.2. The second-order valence-corrected chi connectivity index (χ2v) is 11.8. The van der Waals surface area contributed by atoms with Crippen LogP contribution in [0.4, 0.5) is 14.7 Å². The maximum absolute atomic E-state index is 13.2. The van der Waals surface area contributed by atoms with Crippen molar-refractivity contribution in [3.05, 3.63) is 45.9 Å². The van der Waals surface area contributed by atoms with Gasteiger partial charge in [0.15, 0.2) is 5.13 Å². The van der Waals surface area contributed by atoms with E-state index in [4.69, 9.17) is 21.1 Å². The SMILES string of the molecule is CC(C)(C)OC(=O)N1CCC(N(C(=O)OC(C)(C)C)c2ncc(C(=O)c3ccccc3Cl)s2)CC1. The van der Waals surface area contributed by atoms with Gasteiger partial charge in [-0.1, -0.05) is 35.1 Å². The molecule has 0 N–H and O–H groups in total. The molecule has 0 aliphatic carbocycles. The lowest BCUT2D eigenvalue weighted by atomic mass is 10.0. The van der Waals surface area contributed by atoms with E-state index in [1.54, 1.807) is 49.9 Å². The lowest BCUT2D eigenvalue weighted by molar-refractivity contribution is 0.0200. The number of aromatic nitrogens is 1.